The number of hydrogen-bond donors (Lipinski definition) is 2. The van der Waals surface area contributed by atoms with Crippen molar-refractivity contribution in [2.75, 3.05) is 0 Å². The first-order chi connectivity index (χ1) is 4.84. The summed E-state index contributed by atoms with van der Waals surface area (Å²) < 4.78 is 0. The minimum Gasteiger partial charge on any atom is -0.351 e. The molecule has 4 heteroatoms. The van der Waals surface area contributed by atoms with Crippen molar-refractivity contribution in [3.8, 4) is 0 Å². The van der Waals surface area contributed by atoms with Crippen molar-refractivity contribution < 1.29 is 4.79 Å². The molecule has 10 heavy (non-hydrogen) atoms. The van der Waals surface area contributed by atoms with E-state index in [4.69, 9.17) is 0 Å². The topological polar surface area (TPSA) is 57.8 Å². The van der Waals surface area contributed by atoms with Crippen molar-refractivity contribution in [1.82, 2.24) is 15.3 Å². The van der Waals surface area contributed by atoms with E-state index in [1.807, 2.05) is 6.92 Å². The molecule has 1 aromatic rings. The van der Waals surface area contributed by atoms with Gasteiger partial charge in [-0.1, -0.05) is 0 Å². The second-order valence-electron chi connectivity index (χ2n) is 2.01. The molecule has 1 heterocycles. The summed E-state index contributed by atoms with van der Waals surface area (Å²) in [5, 5.41) is 2.60. The van der Waals surface area contributed by atoms with Crippen LogP contribution in [0, 0.1) is 0 Å². The lowest BCUT2D eigenvalue weighted by molar-refractivity contribution is -0.110. The Hall–Kier alpha value is -1.32. The Labute approximate surface area is 58.7 Å². The monoisotopic (exact) mass is 139 g/mol. The highest BCUT2D eigenvalue weighted by Crippen LogP contribution is 2.04. The Morgan fingerprint density at radius 3 is 3.20 bits per heavy atom. The third-order valence-corrected chi connectivity index (χ3v) is 1.30. The lowest BCUT2D eigenvalue weighted by atomic mass is 10.3. The molecule has 0 aliphatic carbocycles. The Morgan fingerprint density at radius 1 is 1.90 bits per heavy atom. The molecule has 0 saturated carbocycles. The maximum absolute atomic E-state index is 9.97. The number of hydrogen-bond acceptors (Lipinski definition) is 2. The number of nitrogens with zero attached hydrogens (tertiary/aromatic N) is 1. The van der Waals surface area contributed by atoms with Gasteiger partial charge in [0, 0.05) is 6.20 Å². The molecular weight excluding hydrogens is 130 g/mol. The molecule has 1 aromatic heterocycles. The second kappa shape index (κ2) is 3.00. The third-order valence-electron chi connectivity index (χ3n) is 1.30. The van der Waals surface area contributed by atoms with Crippen molar-refractivity contribution in [2.24, 2.45) is 0 Å². The Bertz CT molecular complexity index is 195. The SMILES string of the molecule is C[C@@H](NC=O)c1cnc[nH]1. The number of nitrogens with one attached hydrogen (secondary N) is 2. The minimum absolute atomic E-state index is 0.0139. The zero-order chi connectivity index (χ0) is 7.40. The largest absolute Gasteiger partial charge is 0.351 e. The van der Waals surface area contributed by atoms with Gasteiger partial charge in [0.05, 0.1) is 18.1 Å². The molecule has 0 aromatic carbocycles. The Morgan fingerprint density at radius 2 is 2.70 bits per heavy atom. The summed E-state index contributed by atoms with van der Waals surface area (Å²) in [6.45, 7) is 1.88. The van der Waals surface area contributed by atoms with Gasteiger partial charge in [0.2, 0.25) is 6.41 Å². The summed E-state index contributed by atoms with van der Waals surface area (Å²) in [5.74, 6) is 0. The van der Waals surface area contributed by atoms with E-state index in [2.05, 4.69) is 15.3 Å². The lowest BCUT2D eigenvalue weighted by Crippen LogP contribution is -2.16. The van der Waals surface area contributed by atoms with Crippen molar-refractivity contribution in [3.05, 3.63) is 18.2 Å². The highest BCUT2D eigenvalue weighted by Gasteiger charge is 2.02. The van der Waals surface area contributed by atoms with Crippen LogP contribution in [0.4, 0.5) is 0 Å². The third kappa shape index (κ3) is 1.34. The van der Waals surface area contributed by atoms with Crippen LogP contribution in [-0.2, 0) is 4.79 Å². The van der Waals surface area contributed by atoms with E-state index >= 15 is 0 Å². The molecule has 0 unspecified atom stereocenters. The van der Waals surface area contributed by atoms with Gasteiger partial charge in [0.1, 0.15) is 0 Å². The summed E-state index contributed by atoms with van der Waals surface area (Å²) in [5.41, 5.74) is 0.909. The van der Waals surface area contributed by atoms with Crippen LogP contribution in [0.25, 0.3) is 0 Å². The summed E-state index contributed by atoms with van der Waals surface area (Å²) in [7, 11) is 0. The van der Waals surface area contributed by atoms with Gasteiger partial charge in [0.15, 0.2) is 0 Å². The van der Waals surface area contributed by atoms with Gasteiger partial charge in [0.25, 0.3) is 0 Å². The summed E-state index contributed by atoms with van der Waals surface area (Å²) >= 11 is 0. The highest BCUT2D eigenvalue weighted by atomic mass is 16.1. The maximum atomic E-state index is 9.97. The van der Waals surface area contributed by atoms with E-state index in [1.54, 1.807) is 12.5 Å². The van der Waals surface area contributed by atoms with Crippen molar-refractivity contribution >= 4 is 6.41 Å². The van der Waals surface area contributed by atoms with Gasteiger partial charge in [-0.3, -0.25) is 4.79 Å². The average molecular weight is 139 g/mol. The highest BCUT2D eigenvalue weighted by molar-refractivity contribution is 5.47. The summed E-state index contributed by atoms with van der Waals surface area (Å²) in [4.78, 5) is 16.7. The molecule has 0 bridgehead atoms. The lowest BCUT2D eigenvalue weighted by Gasteiger charge is -2.05. The van der Waals surface area contributed by atoms with Crippen LogP contribution >= 0.6 is 0 Å². The number of imidazole rings is 1. The number of amides is 1. The number of rotatable bonds is 3. The van der Waals surface area contributed by atoms with Crippen LogP contribution in [0.5, 0.6) is 0 Å². The van der Waals surface area contributed by atoms with Gasteiger partial charge in [-0.25, -0.2) is 4.98 Å². The van der Waals surface area contributed by atoms with Crippen molar-refractivity contribution in [3.63, 3.8) is 0 Å². The van der Waals surface area contributed by atoms with Crippen LogP contribution in [0.1, 0.15) is 18.7 Å². The summed E-state index contributed by atoms with van der Waals surface area (Å²) in [6.07, 6.45) is 3.94. The van der Waals surface area contributed by atoms with E-state index < -0.39 is 0 Å². The summed E-state index contributed by atoms with van der Waals surface area (Å²) in [6, 6.07) is 0.0139. The number of aromatic amines is 1. The maximum Gasteiger partial charge on any atom is 0.207 e. The molecular formula is C6H9N3O. The first-order valence-corrected chi connectivity index (χ1v) is 3.02. The number of H-pyrrole nitrogens is 1. The molecule has 1 amide bonds. The van der Waals surface area contributed by atoms with Crippen LogP contribution in [-0.4, -0.2) is 16.4 Å². The fraction of sp³-hybridized carbons (Fsp3) is 0.333. The van der Waals surface area contributed by atoms with E-state index in [0.717, 1.165) is 5.69 Å². The molecule has 0 aliphatic heterocycles. The number of carbonyl (C=O) groups excluding carboxylic acids is 1. The zero-order valence-electron chi connectivity index (χ0n) is 5.66. The van der Waals surface area contributed by atoms with Crippen LogP contribution in [0.3, 0.4) is 0 Å². The molecule has 1 atom stereocenters. The fourth-order valence-electron chi connectivity index (χ4n) is 0.695. The molecule has 0 fully saturated rings. The van der Waals surface area contributed by atoms with Crippen LogP contribution in [0.2, 0.25) is 0 Å². The van der Waals surface area contributed by atoms with E-state index in [0.29, 0.717) is 6.41 Å². The van der Waals surface area contributed by atoms with Gasteiger partial charge >= 0.3 is 0 Å². The quantitative estimate of drug-likeness (QED) is 0.588. The van der Waals surface area contributed by atoms with Gasteiger partial charge < -0.3 is 10.3 Å². The van der Waals surface area contributed by atoms with Crippen LogP contribution < -0.4 is 5.32 Å². The molecule has 0 radical (unpaired) electrons. The van der Waals surface area contributed by atoms with Crippen molar-refractivity contribution in [2.45, 2.75) is 13.0 Å². The molecule has 4 nitrogen and oxygen atoms in total. The fourth-order valence-corrected chi connectivity index (χ4v) is 0.695. The molecule has 54 valence electrons. The van der Waals surface area contributed by atoms with Gasteiger partial charge in [-0.2, -0.15) is 0 Å². The molecule has 1 rings (SSSR count). The van der Waals surface area contributed by atoms with E-state index in [9.17, 15) is 4.79 Å². The predicted molar refractivity (Wildman–Crippen MR) is 36.2 cm³/mol. The van der Waals surface area contributed by atoms with E-state index in [1.165, 1.54) is 0 Å². The standard InChI is InChI=1S/C6H9N3O/c1-5(9-4-10)6-2-7-3-8-6/h2-5H,1H3,(H,7,8)(H,9,10)/t5-/m1/s1. The number of aromatic nitrogens is 2. The normalized spacial score (nSPS) is 12.5. The number of carbonyl (C=O) groups is 1. The van der Waals surface area contributed by atoms with Gasteiger partial charge in [-0.05, 0) is 6.92 Å². The smallest absolute Gasteiger partial charge is 0.207 e. The van der Waals surface area contributed by atoms with Crippen LogP contribution in [0.15, 0.2) is 12.5 Å². The Balaban J connectivity index is 2.58. The molecule has 0 spiro atoms. The first kappa shape index (κ1) is 6.80. The molecule has 0 aliphatic rings. The van der Waals surface area contributed by atoms with Gasteiger partial charge in [-0.15, -0.1) is 0 Å². The molecule has 0 saturated heterocycles. The van der Waals surface area contributed by atoms with Crippen molar-refractivity contribution in [1.29, 1.82) is 0 Å². The average Bonchev–Trinajstić information content (AvgIpc) is 2.38. The predicted octanol–water partition coefficient (Wildman–Crippen LogP) is 0.217. The Kier molecular flexibility index (Phi) is 2.04. The minimum atomic E-state index is 0.0139. The first-order valence-electron chi connectivity index (χ1n) is 3.02. The second-order valence-corrected chi connectivity index (χ2v) is 2.01. The molecule has 2 N–H and O–H groups in total. The zero-order valence-corrected chi connectivity index (χ0v) is 5.66. The van der Waals surface area contributed by atoms with E-state index in [-0.39, 0.29) is 6.04 Å².